The van der Waals surface area contributed by atoms with E-state index in [4.69, 9.17) is 14.2 Å². The average molecular weight is 441 g/mol. The Hall–Kier alpha value is -3.00. The van der Waals surface area contributed by atoms with Gasteiger partial charge in [-0.1, -0.05) is 32.1 Å². The van der Waals surface area contributed by atoms with Crippen LogP contribution in [-0.2, 0) is 20.0 Å². The van der Waals surface area contributed by atoms with E-state index in [0.29, 0.717) is 24.1 Å². The predicted octanol–water partition coefficient (Wildman–Crippen LogP) is 3.38. The summed E-state index contributed by atoms with van der Waals surface area (Å²) in [6, 6.07) is 11.6. The molecule has 1 unspecified atom stereocenters. The molecular formula is C23H24N2O5S. The number of rotatable bonds is 3. The highest BCUT2D eigenvalue weighted by Crippen LogP contribution is 2.47. The van der Waals surface area contributed by atoms with Gasteiger partial charge >= 0.3 is 0 Å². The quantitative estimate of drug-likeness (QED) is 0.728. The minimum atomic E-state index is -3.31. The largest absolute Gasteiger partial charge is 0.463 e. The van der Waals surface area contributed by atoms with Crippen LogP contribution in [0.2, 0.25) is 0 Å². The van der Waals surface area contributed by atoms with Crippen LogP contribution in [0.25, 0.3) is 6.08 Å². The van der Waals surface area contributed by atoms with Gasteiger partial charge in [0.2, 0.25) is 6.79 Å². The van der Waals surface area contributed by atoms with Crippen molar-refractivity contribution in [2.75, 3.05) is 31.1 Å². The van der Waals surface area contributed by atoms with E-state index in [1.165, 1.54) is 6.26 Å². The smallest absolute Gasteiger partial charge is 0.292 e. The zero-order valence-corrected chi connectivity index (χ0v) is 18.5. The highest BCUT2D eigenvalue weighted by molar-refractivity contribution is 7.90. The molecule has 0 fully saturated rings. The van der Waals surface area contributed by atoms with E-state index in [-0.39, 0.29) is 18.2 Å². The van der Waals surface area contributed by atoms with Crippen LogP contribution >= 0.6 is 0 Å². The Labute approximate surface area is 181 Å². The third-order valence-electron chi connectivity index (χ3n) is 6.01. The first-order valence-electron chi connectivity index (χ1n) is 10.1. The monoisotopic (exact) mass is 440 g/mol. The zero-order chi connectivity index (χ0) is 21.8. The summed E-state index contributed by atoms with van der Waals surface area (Å²) in [6.07, 6.45) is 5.39. The molecule has 0 aliphatic carbocycles. The maximum atomic E-state index is 12.2. The van der Waals surface area contributed by atoms with Crippen LogP contribution in [0.3, 0.4) is 0 Å². The lowest BCUT2D eigenvalue weighted by Gasteiger charge is -2.31. The second-order valence-corrected chi connectivity index (χ2v) is 10.5. The Morgan fingerprint density at radius 3 is 2.65 bits per heavy atom. The fourth-order valence-corrected chi connectivity index (χ4v) is 4.99. The summed E-state index contributed by atoms with van der Waals surface area (Å²) in [5, 5.41) is 0. The fourth-order valence-electron chi connectivity index (χ4n) is 4.34. The number of hydrogen-bond donors (Lipinski definition) is 0. The number of anilines is 1. The second-order valence-electron chi connectivity index (χ2n) is 8.47. The van der Waals surface area contributed by atoms with E-state index in [1.54, 1.807) is 12.1 Å². The van der Waals surface area contributed by atoms with E-state index >= 15 is 0 Å². The third-order valence-corrected chi connectivity index (χ3v) is 7.12. The van der Waals surface area contributed by atoms with Crippen LogP contribution in [0, 0.1) is 0 Å². The van der Waals surface area contributed by atoms with Crippen molar-refractivity contribution in [3.8, 4) is 11.5 Å². The number of benzene rings is 2. The number of ether oxygens (including phenoxy) is 3. The molecular weight excluding hydrogens is 416 g/mol. The Balaban J connectivity index is 1.57. The molecule has 31 heavy (non-hydrogen) atoms. The molecule has 2 aromatic carbocycles. The lowest BCUT2D eigenvalue weighted by molar-refractivity contribution is 0.174. The molecule has 0 radical (unpaired) electrons. The number of sulfone groups is 1. The molecule has 1 atom stereocenters. The second kappa shape index (κ2) is 7.02. The first kappa shape index (κ1) is 19.9. The Morgan fingerprint density at radius 2 is 1.90 bits per heavy atom. The van der Waals surface area contributed by atoms with Gasteiger partial charge in [-0.15, -0.1) is 0 Å². The zero-order valence-electron chi connectivity index (χ0n) is 17.7. The van der Waals surface area contributed by atoms with E-state index in [2.05, 4.69) is 29.8 Å². The molecule has 3 aliphatic rings. The Morgan fingerprint density at radius 1 is 1.10 bits per heavy atom. The van der Waals surface area contributed by atoms with Crippen molar-refractivity contribution in [3.63, 3.8) is 0 Å². The highest BCUT2D eigenvalue weighted by Gasteiger charge is 2.46. The third kappa shape index (κ3) is 3.35. The van der Waals surface area contributed by atoms with Gasteiger partial charge < -0.3 is 14.2 Å². The number of hydrogen-bond acceptors (Lipinski definition) is 7. The molecule has 3 aliphatic heterocycles. The lowest BCUT2D eigenvalue weighted by atomic mass is 9.80. The molecule has 3 heterocycles. The van der Waals surface area contributed by atoms with Crippen molar-refractivity contribution >= 4 is 27.6 Å². The van der Waals surface area contributed by atoms with Gasteiger partial charge in [-0.3, -0.25) is 4.90 Å². The highest BCUT2D eigenvalue weighted by atomic mass is 32.2. The van der Waals surface area contributed by atoms with Crippen molar-refractivity contribution in [1.29, 1.82) is 0 Å². The Bertz CT molecular complexity index is 1220. The van der Waals surface area contributed by atoms with Crippen molar-refractivity contribution < 1.29 is 22.6 Å². The molecule has 0 N–H and O–H groups in total. The van der Waals surface area contributed by atoms with Crippen molar-refractivity contribution in [1.82, 2.24) is 0 Å². The first-order valence-corrected chi connectivity index (χ1v) is 12.0. The van der Waals surface area contributed by atoms with Crippen LogP contribution in [0.5, 0.6) is 11.5 Å². The van der Waals surface area contributed by atoms with Gasteiger partial charge in [-0.2, -0.15) is 0 Å². The molecule has 7 nitrogen and oxygen atoms in total. The van der Waals surface area contributed by atoms with Crippen LogP contribution < -0.4 is 14.4 Å². The maximum Gasteiger partial charge on any atom is 0.292 e. The van der Waals surface area contributed by atoms with Crippen molar-refractivity contribution in [2.45, 2.75) is 30.2 Å². The summed E-state index contributed by atoms with van der Waals surface area (Å²) >= 11 is 0. The van der Waals surface area contributed by atoms with Gasteiger partial charge in [0.05, 0.1) is 17.5 Å². The molecule has 5 rings (SSSR count). The summed E-state index contributed by atoms with van der Waals surface area (Å²) in [4.78, 5) is 6.92. The van der Waals surface area contributed by atoms with Crippen LogP contribution in [0.1, 0.15) is 25.0 Å². The van der Waals surface area contributed by atoms with Gasteiger partial charge in [0.15, 0.2) is 21.3 Å². The van der Waals surface area contributed by atoms with Crippen molar-refractivity contribution in [2.24, 2.45) is 4.99 Å². The predicted molar refractivity (Wildman–Crippen MR) is 119 cm³/mol. The molecule has 0 amide bonds. The minimum Gasteiger partial charge on any atom is -0.463 e. The summed E-state index contributed by atoms with van der Waals surface area (Å²) < 4.78 is 41.0. The number of aliphatic imine (C=N–C) groups is 1. The normalized spacial score (nSPS) is 21.3. The molecule has 2 aromatic rings. The van der Waals surface area contributed by atoms with Gasteiger partial charge in [0, 0.05) is 17.4 Å². The summed E-state index contributed by atoms with van der Waals surface area (Å²) in [7, 11) is -3.31. The standard InChI is InChI=1S/C23H24N2O5S/c1-23(2)17-13-16(31(3,26)27)6-7-18(17)25(22-24-10-11-28-22)21(23)9-5-15-4-8-19-20(12-15)30-14-29-19/h4-9,12-13,21H,10-11,14H2,1-3H3. The molecule has 8 heteroatoms. The van der Waals surface area contributed by atoms with E-state index in [9.17, 15) is 8.42 Å². The fraction of sp³-hybridized carbons (Fsp3) is 0.348. The van der Waals surface area contributed by atoms with Crippen LogP contribution in [0.15, 0.2) is 52.4 Å². The SMILES string of the molecule is CC1(C)c2cc(S(C)(=O)=O)ccc2N(C2=NCCO2)C1C=Cc1ccc2c(c1)OCO2. The molecule has 0 aromatic heterocycles. The lowest BCUT2D eigenvalue weighted by Crippen LogP contribution is -2.43. The van der Waals surface area contributed by atoms with Gasteiger partial charge in [0.25, 0.3) is 6.02 Å². The Kier molecular flexibility index (Phi) is 4.51. The molecule has 0 bridgehead atoms. The number of amidine groups is 1. The summed E-state index contributed by atoms with van der Waals surface area (Å²) in [5.74, 6) is 1.48. The van der Waals surface area contributed by atoms with Gasteiger partial charge in [-0.05, 0) is 41.5 Å². The molecule has 0 saturated carbocycles. The number of nitrogens with zero attached hydrogens (tertiary/aromatic N) is 2. The van der Waals surface area contributed by atoms with Crippen molar-refractivity contribution in [3.05, 3.63) is 53.6 Å². The summed E-state index contributed by atoms with van der Waals surface area (Å²) in [6.45, 7) is 5.62. The molecule has 0 saturated heterocycles. The van der Waals surface area contributed by atoms with E-state index in [1.807, 2.05) is 30.3 Å². The topological polar surface area (TPSA) is 77.4 Å². The first-order chi connectivity index (χ1) is 14.7. The molecule has 0 spiro atoms. The van der Waals surface area contributed by atoms with Gasteiger partial charge in [0.1, 0.15) is 6.61 Å². The van der Waals surface area contributed by atoms with Gasteiger partial charge in [-0.25, -0.2) is 13.4 Å². The summed E-state index contributed by atoms with van der Waals surface area (Å²) in [5.41, 5.74) is 2.48. The number of fused-ring (bicyclic) bond motifs is 2. The average Bonchev–Trinajstić information content (AvgIpc) is 3.44. The van der Waals surface area contributed by atoms with Crippen LogP contribution in [0.4, 0.5) is 5.69 Å². The maximum absolute atomic E-state index is 12.2. The van der Waals surface area contributed by atoms with Crippen LogP contribution in [-0.4, -0.2) is 46.7 Å². The van der Waals surface area contributed by atoms with E-state index in [0.717, 1.165) is 28.3 Å². The molecule has 162 valence electrons. The minimum absolute atomic E-state index is 0.111. The van der Waals surface area contributed by atoms with E-state index < -0.39 is 9.84 Å².